The maximum Gasteiger partial charge on any atom is 0.387 e. The summed E-state index contributed by atoms with van der Waals surface area (Å²) in [6, 6.07) is 12.0. The van der Waals surface area contributed by atoms with Gasteiger partial charge in [0.2, 0.25) is 0 Å². The highest BCUT2D eigenvalue weighted by Gasteiger charge is 2.25. The second-order valence-electron chi connectivity index (χ2n) is 8.91. The van der Waals surface area contributed by atoms with Crippen molar-refractivity contribution in [1.82, 2.24) is 0 Å². The highest BCUT2D eigenvalue weighted by Crippen LogP contribution is 2.37. The van der Waals surface area contributed by atoms with Crippen LogP contribution < -0.4 is 4.74 Å². The topological polar surface area (TPSA) is 9.23 Å². The minimum Gasteiger partial charge on any atom is -0.435 e. The molecule has 0 aromatic heterocycles. The van der Waals surface area contributed by atoms with Gasteiger partial charge in [-0.05, 0) is 103 Å². The normalized spacial score (nSPS) is 21.0. The minimum absolute atomic E-state index is 0.237. The van der Waals surface area contributed by atoms with Crippen LogP contribution >= 0.6 is 0 Å². The Hall–Kier alpha value is -1.90. The number of hydrogen-bond donors (Lipinski definition) is 0. The molecule has 0 fully saturated rings. The lowest BCUT2D eigenvalue weighted by molar-refractivity contribution is -0.0498. The van der Waals surface area contributed by atoms with Gasteiger partial charge < -0.3 is 4.74 Å². The van der Waals surface area contributed by atoms with Crippen molar-refractivity contribution in [2.24, 2.45) is 11.8 Å². The molecular weight excluding hydrogens is 366 g/mol. The second kappa shape index (κ2) is 9.28. The van der Waals surface area contributed by atoms with Gasteiger partial charge in [-0.25, -0.2) is 0 Å². The maximum absolute atomic E-state index is 12.3. The van der Waals surface area contributed by atoms with E-state index in [0.29, 0.717) is 5.92 Å². The maximum atomic E-state index is 12.3. The van der Waals surface area contributed by atoms with Crippen LogP contribution in [0.25, 0.3) is 0 Å². The molecule has 2 aliphatic carbocycles. The molecule has 0 saturated heterocycles. The van der Waals surface area contributed by atoms with Gasteiger partial charge in [0.15, 0.2) is 0 Å². The Morgan fingerprint density at radius 3 is 2.00 bits per heavy atom. The molecule has 4 rings (SSSR count). The zero-order chi connectivity index (χ0) is 20.2. The van der Waals surface area contributed by atoms with E-state index in [4.69, 9.17) is 0 Å². The number of halogens is 2. The molecule has 2 aromatic rings. The predicted molar refractivity (Wildman–Crippen MR) is 114 cm³/mol. The molecular formula is C26H32F2O. The van der Waals surface area contributed by atoms with Gasteiger partial charge in [0.05, 0.1) is 0 Å². The predicted octanol–water partition coefficient (Wildman–Crippen LogP) is 6.93. The summed E-state index contributed by atoms with van der Waals surface area (Å²) in [6.45, 7) is -0.458. The van der Waals surface area contributed by atoms with Crippen LogP contribution in [-0.2, 0) is 32.1 Å². The molecule has 1 nitrogen and oxygen atoms in total. The molecule has 0 saturated carbocycles. The molecule has 0 amide bonds. The average Bonchev–Trinajstić information content (AvgIpc) is 2.72. The van der Waals surface area contributed by atoms with E-state index < -0.39 is 6.61 Å². The Bertz CT molecular complexity index is 812. The molecule has 0 N–H and O–H groups in total. The molecule has 0 aliphatic heterocycles. The van der Waals surface area contributed by atoms with E-state index in [2.05, 4.69) is 23.8 Å². The molecule has 2 atom stereocenters. The Morgan fingerprint density at radius 2 is 1.45 bits per heavy atom. The van der Waals surface area contributed by atoms with Gasteiger partial charge in [0, 0.05) is 0 Å². The number of hydrogen-bond acceptors (Lipinski definition) is 1. The van der Waals surface area contributed by atoms with E-state index in [1.807, 2.05) is 12.1 Å². The zero-order valence-electron chi connectivity index (χ0n) is 17.4. The second-order valence-corrected chi connectivity index (χ2v) is 8.91. The van der Waals surface area contributed by atoms with Gasteiger partial charge >= 0.3 is 6.61 Å². The Labute approximate surface area is 173 Å². The lowest BCUT2D eigenvalue weighted by atomic mass is 9.73. The molecule has 0 radical (unpaired) electrons. The lowest BCUT2D eigenvalue weighted by Crippen LogP contribution is -2.21. The van der Waals surface area contributed by atoms with E-state index in [0.717, 1.165) is 18.8 Å². The number of benzene rings is 2. The molecule has 0 heterocycles. The van der Waals surface area contributed by atoms with Gasteiger partial charge in [0.1, 0.15) is 5.75 Å². The summed E-state index contributed by atoms with van der Waals surface area (Å²) in [4.78, 5) is 0. The van der Waals surface area contributed by atoms with Crippen molar-refractivity contribution in [3.8, 4) is 5.75 Å². The Morgan fingerprint density at radius 1 is 0.862 bits per heavy atom. The fourth-order valence-corrected chi connectivity index (χ4v) is 5.43. The summed E-state index contributed by atoms with van der Waals surface area (Å²) >= 11 is 0. The van der Waals surface area contributed by atoms with Gasteiger partial charge in [-0.3, -0.25) is 0 Å². The van der Waals surface area contributed by atoms with E-state index in [1.165, 1.54) is 56.9 Å². The number of ether oxygens (including phenoxy) is 1. The monoisotopic (exact) mass is 398 g/mol. The molecule has 2 aromatic carbocycles. The largest absolute Gasteiger partial charge is 0.435 e. The first-order valence-electron chi connectivity index (χ1n) is 11.3. The number of alkyl halides is 2. The van der Waals surface area contributed by atoms with Crippen LogP contribution in [0.2, 0.25) is 0 Å². The van der Waals surface area contributed by atoms with Crippen molar-refractivity contribution in [2.45, 2.75) is 77.7 Å². The Kier molecular flexibility index (Phi) is 6.52. The van der Waals surface area contributed by atoms with Crippen LogP contribution in [0.15, 0.2) is 36.4 Å². The van der Waals surface area contributed by atoms with Crippen LogP contribution in [0.3, 0.4) is 0 Å². The molecule has 29 heavy (non-hydrogen) atoms. The first-order valence-corrected chi connectivity index (χ1v) is 11.3. The first-order chi connectivity index (χ1) is 14.1. The van der Waals surface area contributed by atoms with Crippen molar-refractivity contribution < 1.29 is 13.5 Å². The first kappa shape index (κ1) is 20.4. The SMILES string of the molecule is CCCC1CCc2c(ccc3c2CCC(CCc2ccc(OC(F)F)cc2)C3)C1. The van der Waals surface area contributed by atoms with Gasteiger partial charge in [0.25, 0.3) is 0 Å². The zero-order valence-corrected chi connectivity index (χ0v) is 17.4. The fourth-order valence-electron chi connectivity index (χ4n) is 5.43. The summed E-state index contributed by atoms with van der Waals surface area (Å²) in [5.41, 5.74) is 7.75. The summed E-state index contributed by atoms with van der Waals surface area (Å²) < 4.78 is 29.0. The standard InChI is InChI=1S/C26H32F2O/c1-2-3-19-8-14-24-21(16-19)10-11-22-17-20(9-15-25(22)24)5-4-18-6-12-23(13-7-18)29-26(27)28/h6-7,10-13,19-20,26H,2-5,8-9,14-17H2,1H3. The van der Waals surface area contributed by atoms with Crippen LogP contribution in [-0.4, -0.2) is 6.61 Å². The lowest BCUT2D eigenvalue weighted by Gasteiger charge is -2.32. The van der Waals surface area contributed by atoms with Crippen LogP contribution in [0, 0.1) is 11.8 Å². The van der Waals surface area contributed by atoms with Gasteiger partial charge in [-0.15, -0.1) is 0 Å². The van der Waals surface area contributed by atoms with Crippen LogP contribution in [0.1, 0.15) is 66.8 Å². The third kappa shape index (κ3) is 4.99. The van der Waals surface area contributed by atoms with Crippen LogP contribution in [0.5, 0.6) is 5.75 Å². The molecule has 2 unspecified atom stereocenters. The van der Waals surface area contributed by atoms with Crippen molar-refractivity contribution >= 4 is 0 Å². The Balaban J connectivity index is 1.35. The highest BCUT2D eigenvalue weighted by molar-refractivity contribution is 5.44. The number of fused-ring (bicyclic) bond motifs is 3. The van der Waals surface area contributed by atoms with Gasteiger partial charge in [-0.1, -0.05) is 44.0 Å². The van der Waals surface area contributed by atoms with E-state index >= 15 is 0 Å². The summed E-state index contributed by atoms with van der Waals surface area (Å²) in [6.07, 6.45) is 12.4. The summed E-state index contributed by atoms with van der Waals surface area (Å²) in [5.74, 6) is 1.84. The van der Waals surface area contributed by atoms with Crippen molar-refractivity contribution in [3.05, 3.63) is 64.2 Å². The summed E-state index contributed by atoms with van der Waals surface area (Å²) in [5, 5.41) is 0. The quantitative estimate of drug-likeness (QED) is 0.491. The molecule has 0 bridgehead atoms. The van der Waals surface area contributed by atoms with E-state index in [-0.39, 0.29) is 5.75 Å². The van der Waals surface area contributed by atoms with E-state index in [1.54, 1.807) is 34.4 Å². The number of aryl methyl sites for hydroxylation is 1. The highest BCUT2D eigenvalue weighted by atomic mass is 19.3. The molecule has 3 heteroatoms. The third-order valence-corrected chi connectivity index (χ3v) is 6.93. The van der Waals surface area contributed by atoms with Crippen molar-refractivity contribution in [1.29, 1.82) is 0 Å². The van der Waals surface area contributed by atoms with E-state index in [9.17, 15) is 8.78 Å². The summed E-state index contributed by atoms with van der Waals surface area (Å²) in [7, 11) is 0. The smallest absolute Gasteiger partial charge is 0.387 e. The van der Waals surface area contributed by atoms with Gasteiger partial charge in [-0.2, -0.15) is 8.78 Å². The number of rotatable bonds is 7. The minimum atomic E-state index is -2.76. The molecule has 2 aliphatic rings. The van der Waals surface area contributed by atoms with Crippen LogP contribution in [0.4, 0.5) is 8.78 Å². The molecule has 0 spiro atoms. The fraction of sp³-hybridized carbons (Fsp3) is 0.538. The van der Waals surface area contributed by atoms with Crippen molar-refractivity contribution in [2.75, 3.05) is 0 Å². The average molecular weight is 399 g/mol. The molecule has 156 valence electrons. The van der Waals surface area contributed by atoms with Crippen molar-refractivity contribution in [3.63, 3.8) is 0 Å². The third-order valence-electron chi connectivity index (χ3n) is 6.93.